The molecular weight excluding hydrogens is 310 g/mol. The van der Waals surface area contributed by atoms with E-state index in [0.717, 1.165) is 42.9 Å². The molecule has 0 spiro atoms. The Bertz CT molecular complexity index is 913. The van der Waals surface area contributed by atoms with Gasteiger partial charge in [-0.25, -0.2) is 4.98 Å². The number of hydrogen-bond donors (Lipinski definition) is 1. The summed E-state index contributed by atoms with van der Waals surface area (Å²) in [5.74, 6) is 2.12. The monoisotopic (exact) mass is 335 g/mol. The number of nitrogens with zero attached hydrogens (tertiary/aromatic N) is 2. The van der Waals surface area contributed by atoms with Crippen LogP contribution in [-0.2, 0) is 26.4 Å². The minimum absolute atomic E-state index is 0.487. The quantitative estimate of drug-likeness (QED) is 0.793. The van der Waals surface area contributed by atoms with Crippen LogP contribution in [-0.4, -0.2) is 22.7 Å². The standard InChI is InChI=1S/C21H25N3O/c1-14-7-10-19-18(11-14)23-21(24(19)2)13-22-16-8-9-17-15(12-16)5-4-6-20(17)25-3/h4-7,10-11,16,22H,8-9,12-13H2,1-3H3. The van der Waals surface area contributed by atoms with Crippen LogP contribution in [0.5, 0.6) is 5.75 Å². The highest BCUT2D eigenvalue weighted by atomic mass is 16.5. The van der Waals surface area contributed by atoms with Gasteiger partial charge in [0.15, 0.2) is 0 Å². The lowest BCUT2D eigenvalue weighted by Crippen LogP contribution is -2.34. The molecule has 4 rings (SSSR count). The molecule has 1 aliphatic rings. The van der Waals surface area contributed by atoms with Crippen molar-refractivity contribution in [1.29, 1.82) is 0 Å². The summed E-state index contributed by atoms with van der Waals surface area (Å²) >= 11 is 0. The molecule has 1 atom stereocenters. The molecule has 0 amide bonds. The van der Waals surface area contributed by atoms with Gasteiger partial charge >= 0.3 is 0 Å². The Labute approximate surface area is 148 Å². The normalized spacial score (nSPS) is 16.8. The van der Waals surface area contributed by atoms with E-state index in [1.54, 1.807) is 7.11 Å². The Morgan fingerprint density at radius 1 is 1.28 bits per heavy atom. The lowest BCUT2D eigenvalue weighted by molar-refractivity contribution is 0.395. The highest BCUT2D eigenvalue weighted by Crippen LogP contribution is 2.29. The zero-order valence-corrected chi connectivity index (χ0v) is 15.2. The van der Waals surface area contributed by atoms with E-state index >= 15 is 0 Å². The summed E-state index contributed by atoms with van der Waals surface area (Å²) in [5, 5.41) is 3.71. The third kappa shape index (κ3) is 3.02. The maximum Gasteiger partial charge on any atom is 0.123 e. The maximum absolute atomic E-state index is 5.50. The Morgan fingerprint density at radius 2 is 2.16 bits per heavy atom. The highest BCUT2D eigenvalue weighted by molar-refractivity contribution is 5.76. The van der Waals surface area contributed by atoms with E-state index in [1.165, 1.54) is 22.2 Å². The van der Waals surface area contributed by atoms with Crippen LogP contribution in [0.1, 0.15) is 28.9 Å². The summed E-state index contributed by atoms with van der Waals surface area (Å²) in [4.78, 5) is 4.81. The summed E-state index contributed by atoms with van der Waals surface area (Å²) in [6, 6.07) is 13.3. The van der Waals surface area contributed by atoms with Crippen LogP contribution >= 0.6 is 0 Å². The average Bonchev–Trinajstić information content (AvgIpc) is 2.94. The number of nitrogens with one attached hydrogen (secondary N) is 1. The zero-order chi connectivity index (χ0) is 17.4. The number of aromatic nitrogens is 2. The molecule has 3 aromatic rings. The van der Waals surface area contributed by atoms with Gasteiger partial charge in [0.2, 0.25) is 0 Å². The van der Waals surface area contributed by atoms with Crippen molar-refractivity contribution in [2.75, 3.05) is 7.11 Å². The average molecular weight is 335 g/mol. The third-order valence-electron chi connectivity index (χ3n) is 5.34. The second kappa shape index (κ2) is 6.52. The lowest BCUT2D eigenvalue weighted by atomic mass is 9.87. The smallest absolute Gasteiger partial charge is 0.123 e. The van der Waals surface area contributed by atoms with Crippen molar-refractivity contribution in [3.63, 3.8) is 0 Å². The Kier molecular flexibility index (Phi) is 4.22. The number of imidazole rings is 1. The van der Waals surface area contributed by atoms with Crippen molar-refractivity contribution >= 4 is 11.0 Å². The molecular formula is C21H25N3O. The molecule has 0 saturated heterocycles. The van der Waals surface area contributed by atoms with E-state index in [9.17, 15) is 0 Å². The van der Waals surface area contributed by atoms with Gasteiger partial charge < -0.3 is 14.6 Å². The highest BCUT2D eigenvalue weighted by Gasteiger charge is 2.21. The molecule has 4 nitrogen and oxygen atoms in total. The van der Waals surface area contributed by atoms with Gasteiger partial charge in [-0.2, -0.15) is 0 Å². The number of rotatable bonds is 4. The summed E-state index contributed by atoms with van der Waals surface area (Å²) in [7, 11) is 3.86. The summed E-state index contributed by atoms with van der Waals surface area (Å²) in [6.07, 6.45) is 3.25. The number of ether oxygens (including phenoxy) is 1. The number of benzene rings is 2. The van der Waals surface area contributed by atoms with Gasteiger partial charge in [0.05, 0.1) is 24.7 Å². The van der Waals surface area contributed by atoms with E-state index in [4.69, 9.17) is 9.72 Å². The van der Waals surface area contributed by atoms with E-state index < -0.39 is 0 Å². The van der Waals surface area contributed by atoms with Crippen LogP contribution < -0.4 is 10.1 Å². The number of fused-ring (bicyclic) bond motifs is 2. The first kappa shape index (κ1) is 16.2. The topological polar surface area (TPSA) is 39.1 Å². The first-order chi connectivity index (χ1) is 12.2. The summed E-state index contributed by atoms with van der Waals surface area (Å²) < 4.78 is 7.70. The van der Waals surface area contributed by atoms with Crippen LogP contribution in [0.15, 0.2) is 36.4 Å². The molecule has 1 aromatic heterocycles. The predicted octanol–water partition coefficient (Wildman–Crippen LogP) is 3.54. The molecule has 1 aliphatic carbocycles. The minimum Gasteiger partial charge on any atom is -0.496 e. The summed E-state index contributed by atoms with van der Waals surface area (Å²) in [6.45, 7) is 2.91. The van der Waals surface area contributed by atoms with Gasteiger partial charge in [0, 0.05) is 13.1 Å². The number of methoxy groups -OCH3 is 1. The zero-order valence-electron chi connectivity index (χ0n) is 15.2. The molecule has 1 unspecified atom stereocenters. The molecule has 130 valence electrons. The van der Waals surface area contributed by atoms with Crippen molar-refractivity contribution in [2.24, 2.45) is 7.05 Å². The van der Waals surface area contributed by atoms with Crippen LogP contribution in [0.3, 0.4) is 0 Å². The first-order valence-electron chi connectivity index (χ1n) is 8.96. The first-order valence-corrected chi connectivity index (χ1v) is 8.96. The van der Waals surface area contributed by atoms with Gasteiger partial charge in [-0.1, -0.05) is 18.2 Å². The Balaban J connectivity index is 1.48. The molecule has 4 heteroatoms. The molecule has 1 heterocycles. The van der Waals surface area contributed by atoms with Crippen LogP contribution in [0.2, 0.25) is 0 Å². The van der Waals surface area contributed by atoms with Crippen molar-refractivity contribution in [1.82, 2.24) is 14.9 Å². The van der Waals surface area contributed by atoms with Gasteiger partial charge in [0.1, 0.15) is 11.6 Å². The van der Waals surface area contributed by atoms with Crippen molar-refractivity contribution < 1.29 is 4.74 Å². The van der Waals surface area contributed by atoms with Crippen molar-refractivity contribution in [3.8, 4) is 5.75 Å². The van der Waals surface area contributed by atoms with E-state index in [1.807, 2.05) is 0 Å². The Morgan fingerprint density at radius 3 is 3.00 bits per heavy atom. The second-order valence-electron chi connectivity index (χ2n) is 7.00. The van der Waals surface area contributed by atoms with Crippen LogP contribution in [0.4, 0.5) is 0 Å². The van der Waals surface area contributed by atoms with E-state index in [0.29, 0.717) is 6.04 Å². The van der Waals surface area contributed by atoms with Crippen LogP contribution in [0, 0.1) is 6.92 Å². The van der Waals surface area contributed by atoms with Crippen LogP contribution in [0.25, 0.3) is 11.0 Å². The van der Waals surface area contributed by atoms with E-state index in [-0.39, 0.29) is 0 Å². The number of aryl methyl sites for hydroxylation is 2. The van der Waals surface area contributed by atoms with Crippen molar-refractivity contribution in [2.45, 2.75) is 38.8 Å². The molecule has 1 N–H and O–H groups in total. The summed E-state index contributed by atoms with van der Waals surface area (Å²) in [5.41, 5.74) is 6.31. The van der Waals surface area contributed by atoms with E-state index in [2.05, 4.69) is 60.3 Å². The lowest BCUT2D eigenvalue weighted by Gasteiger charge is -2.26. The maximum atomic E-state index is 5.50. The van der Waals surface area contributed by atoms with Gasteiger partial charge in [-0.15, -0.1) is 0 Å². The molecule has 2 aromatic carbocycles. The molecule has 0 aliphatic heterocycles. The SMILES string of the molecule is COc1cccc2c1CCC(NCc1nc3cc(C)ccc3n1C)C2. The molecule has 25 heavy (non-hydrogen) atoms. The largest absolute Gasteiger partial charge is 0.496 e. The van der Waals surface area contributed by atoms with Gasteiger partial charge in [-0.3, -0.25) is 0 Å². The third-order valence-corrected chi connectivity index (χ3v) is 5.34. The fourth-order valence-corrected chi connectivity index (χ4v) is 3.89. The number of hydrogen-bond acceptors (Lipinski definition) is 3. The Hall–Kier alpha value is -2.33. The predicted molar refractivity (Wildman–Crippen MR) is 101 cm³/mol. The molecule has 0 bridgehead atoms. The van der Waals surface area contributed by atoms with Gasteiger partial charge in [-0.05, 0) is 61.1 Å². The second-order valence-corrected chi connectivity index (χ2v) is 7.00. The van der Waals surface area contributed by atoms with Crippen molar-refractivity contribution in [3.05, 3.63) is 58.9 Å². The fraction of sp³-hybridized carbons (Fsp3) is 0.381. The minimum atomic E-state index is 0.487. The molecule has 0 fully saturated rings. The fourth-order valence-electron chi connectivity index (χ4n) is 3.89. The molecule has 0 radical (unpaired) electrons. The van der Waals surface area contributed by atoms with Gasteiger partial charge in [0.25, 0.3) is 0 Å². The molecule has 0 saturated carbocycles.